The van der Waals surface area contributed by atoms with Gasteiger partial charge in [0, 0.05) is 0 Å². The molecule has 0 heterocycles. The second-order valence-electron chi connectivity index (χ2n) is 2.56. The van der Waals surface area contributed by atoms with E-state index in [1.54, 1.807) is 5.57 Å². The Balaban J connectivity index is 2.39. The number of allylic oxidation sites excluding steroid dienone is 4. The Kier molecular flexibility index (Phi) is 2.56. The van der Waals surface area contributed by atoms with Gasteiger partial charge in [-0.05, 0) is 32.6 Å². The van der Waals surface area contributed by atoms with Crippen molar-refractivity contribution in [3.63, 3.8) is 0 Å². The molecule has 0 amide bonds. The van der Waals surface area contributed by atoms with Gasteiger partial charge in [-0.15, -0.1) is 0 Å². The molecule has 0 nitrogen and oxygen atoms in total. The van der Waals surface area contributed by atoms with Crippen LogP contribution in [0.1, 0.15) is 32.6 Å². The number of hydrogen-bond donors (Lipinski definition) is 0. The summed E-state index contributed by atoms with van der Waals surface area (Å²) in [5.41, 5.74) is 1.63. The second kappa shape index (κ2) is 3.49. The summed E-state index contributed by atoms with van der Waals surface area (Å²) in [6.45, 7) is 2.06. The van der Waals surface area contributed by atoms with Crippen molar-refractivity contribution in [2.45, 2.75) is 32.6 Å². The van der Waals surface area contributed by atoms with Gasteiger partial charge in [0.05, 0.1) is 0 Å². The summed E-state index contributed by atoms with van der Waals surface area (Å²) in [5, 5.41) is 0. The monoisotopic (exact) mass is 122 g/mol. The minimum atomic E-state index is 1.34. The van der Waals surface area contributed by atoms with Gasteiger partial charge in [0.1, 0.15) is 0 Å². The van der Waals surface area contributed by atoms with Crippen molar-refractivity contribution in [3.05, 3.63) is 23.8 Å². The minimum absolute atomic E-state index is 1.34. The first-order valence-electron chi connectivity index (χ1n) is 3.74. The second-order valence-corrected chi connectivity index (χ2v) is 2.56. The van der Waals surface area contributed by atoms with E-state index in [-0.39, 0.29) is 0 Å². The standard InChI is InChI=1S/C9H14/c1-2-3-6-9-7-4-5-8-9/h2-3,6H,4-5,7-8H2,1H3/b3-2+. The Bertz CT molecular complexity index is 121. The van der Waals surface area contributed by atoms with Crippen LogP contribution in [-0.2, 0) is 0 Å². The van der Waals surface area contributed by atoms with Gasteiger partial charge < -0.3 is 0 Å². The van der Waals surface area contributed by atoms with Crippen LogP contribution in [-0.4, -0.2) is 0 Å². The molecular weight excluding hydrogens is 108 g/mol. The first kappa shape index (κ1) is 6.60. The lowest BCUT2D eigenvalue weighted by Gasteiger charge is -1.87. The molecule has 1 aliphatic carbocycles. The average molecular weight is 122 g/mol. The van der Waals surface area contributed by atoms with Crippen LogP contribution in [0.2, 0.25) is 0 Å². The molecule has 50 valence electrons. The Morgan fingerprint density at radius 1 is 1.22 bits per heavy atom. The molecular formula is C9H14. The predicted molar refractivity (Wildman–Crippen MR) is 41.4 cm³/mol. The summed E-state index contributed by atoms with van der Waals surface area (Å²) >= 11 is 0. The maximum atomic E-state index is 2.26. The third-order valence-electron chi connectivity index (χ3n) is 1.77. The van der Waals surface area contributed by atoms with Gasteiger partial charge in [-0.1, -0.05) is 23.8 Å². The maximum absolute atomic E-state index is 2.26. The third kappa shape index (κ3) is 2.05. The summed E-state index contributed by atoms with van der Waals surface area (Å²) in [6.07, 6.45) is 12.0. The molecule has 9 heavy (non-hydrogen) atoms. The summed E-state index contributed by atoms with van der Waals surface area (Å²) in [6, 6.07) is 0. The third-order valence-corrected chi connectivity index (χ3v) is 1.77. The van der Waals surface area contributed by atoms with Crippen molar-refractivity contribution in [1.82, 2.24) is 0 Å². The fourth-order valence-electron chi connectivity index (χ4n) is 1.23. The van der Waals surface area contributed by atoms with E-state index in [0.717, 1.165) is 0 Å². The lowest BCUT2D eigenvalue weighted by atomic mass is 10.2. The molecule has 0 N–H and O–H groups in total. The Labute approximate surface area is 57.3 Å². The number of hydrogen-bond acceptors (Lipinski definition) is 0. The highest BCUT2D eigenvalue weighted by atomic mass is 14.1. The smallest absolute Gasteiger partial charge is 0.0317 e. The van der Waals surface area contributed by atoms with Gasteiger partial charge in [0.25, 0.3) is 0 Å². The van der Waals surface area contributed by atoms with Crippen LogP contribution in [0.15, 0.2) is 23.8 Å². The van der Waals surface area contributed by atoms with Crippen molar-refractivity contribution in [2.75, 3.05) is 0 Å². The van der Waals surface area contributed by atoms with E-state index >= 15 is 0 Å². The van der Waals surface area contributed by atoms with Crippen LogP contribution in [0.25, 0.3) is 0 Å². The van der Waals surface area contributed by atoms with E-state index in [2.05, 4.69) is 25.2 Å². The first-order valence-corrected chi connectivity index (χ1v) is 3.74. The maximum Gasteiger partial charge on any atom is -0.0317 e. The molecule has 1 saturated carbocycles. The average Bonchev–Trinajstić information content (AvgIpc) is 2.34. The Morgan fingerprint density at radius 3 is 2.44 bits per heavy atom. The summed E-state index contributed by atoms with van der Waals surface area (Å²) in [4.78, 5) is 0. The molecule has 0 saturated heterocycles. The van der Waals surface area contributed by atoms with Crippen LogP contribution in [0.3, 0.4) is 0 Å². The van der Waals surface area contributed by atoms with Crippen LogP contribution < -0.4 is 0 Å². The van der Waals surface area contributed by atoms with Gasteiger partial charge >= 0.3 is 0 Å². The van der Waals surface area contributed by atoms with Crippen molar-refractivity contribution in [3.8, 4) is 0 Å². The highest BCUT2D eigenvalue weighted by Gasteiger charge is 2.03. The molecule has 0 atom stereocenters. The highest BCUT2D eigenvalue weighted by Crippen LogP contribution is 2.23. The molecule has 0 radical (unpaired) electrons. The quantitative estimate of drug-likeness (QED) is 0.501. The molecule has 0 bridgehead atoms. The van der Waals surface area contributed by atoms with E-state index in [4.69, 9.17) is 0 Å². The van der Waals surface area contributed by atoms with E-state index < -0.39 is 0 Å². The first-order chi connectivity index (χ1) is 4.43. The molecule has 0 heteroatoms. The molecule has 0 aromatic rings. The Morgan fingerprint density at radius 2 is 1.89 bits per heavy atom. The van der Waals surface area contributed by atoms with Gasteiger partial charge in [-0.3, -0.25) is 0 Å². The normalized spacial score (nSPS) is 19.4. The van der Waals surface area contributed by atoms with Crippen LogP contribution in [0.5, 0.6) is 0 Å². The zero-order valence-corrected chi connectivity index (χ0v) is 6.06. The van der Waals surface area contributed by atoms with Crippen LogP contribution in [0, 0.1) is 0 Å². The molecule has 1 rings (SSSR count). The van der Waals surface area contributed by atoms with Gasteiger partial charge in [0.2, 0.25) is 0 Å². The fourth-order valence-corrected chi connectivity index (χ4v) is 1.23. The van der Waals surface area contributed by atoms with Crippen molar-refractivity contribution in [2.24, 2.45) is 0 Å². The molecule has 0 unspecified atom stereocenters. The lowest BCUT2D eigenvalue weighted by molar-refractivity contribution is 0.886. The van der Waals surface area contributed by atoms with E-state index in [1.165, 1.54) is 25.7 Å². The van der Waals surface area contributed by atoms with Gasteiger partial charge in [0.15, 0.2) is 0 Å². The molecule has 0 aromatic heterocycles. The molecule has 0 spiro atoms. The van der Waals surface area contributed by atoms with Crippen molar-refractivity contribution < 1.29 is 0 Å². The van der Waals surface area contributed by atoms with E-state index in [0.29, 0.717) is 0 Å². The minimum Gasteiger partial charge on any atom is -0.0877 e. The largest absolute Gasteiger partial charge is 0.0877 e. The predicted octanol–water partition coefficient (Wildman–Crippen LogP) is 3.06. The summed E-state index contributed by atoms with van der Waals surface area (Å²) in [7, 11) is 0. The molecule has 0 aliphatic heterocycles. The zero-order chi connectivity index (χ0) is 6.53. The number of rotatable bonds is 1. The molecule has 1 aliphatic rings. The van der Waals surface area contributed by atoms with E-state index in [1.807, 2.05) is 0 Å². The molecule has 1 fully saturated rings. The topological polar surface area (TPSA) is 0 Å². The fraction of sp³-hybridized carbons (Fsp3) is 0.556. The van der Waals surface area contributed by atoms with Crippen molar-refractivity contribution >= 4 is 0 Å². The van der Waals surface area contributed by atoms with E-state index in [9.17, 15) is 0 Å². The summed E-state index contributed by atoms with van der Waals surface area (Å²) < 4.78 is 0. The van der Waals surface area contributed by atoms with Crippen molar-refractivity contribution in [1.29, 1.82) is 0 Å². The van der Waals surface area contributed by atoms with Gasteiger partial charge in [-0.25, -0.2) is 0 Å². The zero-order valence-electron chi connectivity index (χ0n) is 6.06. The molecule has 0 aromatic carbocycles. The van der Waals surface area contributed by atoms with Gasteiger partial charge in [-0.2, -0.15) is 0 Å². The highest BCUT2D eigenvalue weighted by molar-refractivity contribution is 5.14. The summed E-state index contributed by atoms with van der Waals surface area (Å²) in [5.74, 6) is 0. The lowest BCUT2D eigenvalue weighted by Crippen LogP contribution is -1.67. The van der Waals surface area contributed by atoms with Crippen LogP contribution >= 0.6 is 0 Å². The Hall–Kier alpha value is -0.520. The SMILES string of the molecule is C/C=C/C=C1CCCC1. The van der Waals surface area contributed by atoms with Crippen LogP contribution in [0.4, 0.5) is 0 Å².